The van der Waals surface area contributed by atoms with Crippen molar-refractivity contribution in [1.29, 1.82) is 0 Å². The number of amidine groups is 1. The number of hydrazine groups is 1. The third-order valence-electron chi connectivity index (χ3n) is 5.55. The number of nitrogens with one attached hydrogen (secondary N) is 2. The number of rotatable bonds is 1. The van der Waals surface area contributed by atoms with E-state index in [1.807, 2.05) is 6.07 Å². The summed E-state index contributed by atoms with van der Waals surface area (Å²) in [6.07, 6.45) is 6.44. The van der Waals surface area contributed by atoms with Crippen LogP contribution < -0.4 is 10.9 Å². The highest BCUT2D eigenvalue weighted by Crippen LogP contribution is 2.49. The molecule has 0 saturated heterocycles. The van der Waals surface area contributed by atoms with Crippen LogP contribution in [-0.4, -0.2) is 11.5 Å². The Balaban J connectivity index is 1.53. The molecule has 2 heterocycles. The average molecular weight is 315 g/mol. The number of fused-ring (bicyclic) bond motifs is 3. The van der Waals surface area contributed by atoms with Gasteiger partial charge >= 0.3 is 0 Å². The number of hydrogen-bond acceptors (Lipinski definition) is 4. The van der Waals surface area contributed by atoms with Crippen LogP contribution in [0.1, 0.15) is 37.0 Å². The highest BCUT2D eigenvalue weighted by Gasteiger charge is 2.50. The van der Waals surface area contributed by atoms with E-state index in [0.29, 0.717) is 5.92 Å². The van der Waals surface area contributed by atoms with Crippen LogP contribution in [0, 0.1) is 17.7 Å². The second kappa shape index (κ2) is 4.52. The second-order valence-corrected chi connectivity index (χ2v) is 7.93. The van der Waals surface area contributed by atoms with Crippen molar-refractivity contribution in [3.05, 3.63) is 35.0 Å². The van der Waals surface area contributed by atoms with Gasteiger partial charge in [-0.25, -0.2) is 14.8 Å². The van der Waals surface area contributed by atoms with Crippen LogP contribution >= 0.6 is 11.3 Å². The van der Waals surface area contributed by atoms with Gasteiger partial charge in [-0.3, -0.25) is 0 Å². The molecule has 2 aromatic rings. The van der Waals surface area contributed by atoms with E-state index >= 15 is 0 Å². The highest BCUT2D eigenvalue weighted by molar-refractivity contribution is 7.20. The summed E-state index contributed by atoms with van der Waals surface area (Å²) in [5.74, 6) is 2.21. The molecule has 0 amide bonds. The van der Waals surface area contributed by atoms with Crippen molar-refractivity contribution in [3.8, 4) is 0 Å². The van der Waals surface area contributed by atoms with Crippen LogP contribution in [0.25, 0.3) is 10.1 Å². The minimum absolute atomic E-state index is 0.0993. The minimum atomic E-state index is -0.179. The number of halogens is 1. The van der Waals surface area contributed by atoms with E-state index in [-0.39, 0.29) is 11.5 Å². The summed E-state index contributed by atoms with van der Waals surface area (Å²) >= 11 is 1.60. The topological polar surface area (TPSA) is 36.4 Å². The van der Waals surface area contributed by atoms with Crippen LogP contribution in [0.4, 0.5) is 4.39 Å². The third-order valence-corrected chi connectivity index (χ3v) is 6.65. The molecule has 0 unspecified atom stereocenters. The van der Waals surface area contributed by atoms with E-state index in [0.717, 1.165) is 33.1 Å². The van der Waals surface area contributed by atoms with E-state index < -0.39 is 0 Å². The lowest BCUT2D eigenvalue weighted by Crippen LogP contribution is -2.56. The Labute approximate surface area is 132 Å². The standard InChI is InChI=1S/C17H18FN3S/c18-13-6-3-11-7-15(22-14(11)8-13)16-19-17(21-20-16)9-10-1-4-12(17)5-2-10/h3,6-8,10,12,21H,1-2,4-5,9H2,(H,19,20)/t10?,12?,17-/m1/s1. The summed E-state index contributed by atoms with van der Waals surface area (Å²) in [5.41, 5.74) is 6.70. The van der Waals surface area contributed by atoms with Gasteiger partial charge in [0.2, 0.25) is 0 Å². The van der Waals surface area contributed by atoms with Crippen LogP contribution in [0.2, 0.25) is 0 Å². The maximum Gasteiger partial charge on any atom is 0.155 e. The molecular weight excluding hydrogens is 297 g/mol. The Morgan fingerprint density at radius 3 is 2.82 bits per heavy atom. The molecule has 3 aliphatic carbocycles. The molecule has 3 nitrogen and oxygen atoms in total. The fourth-order valence-corrected chi connectivity index (χ4v) is 5.43. The molecule has 3 saturated carbocycles. The molecule has 2 N–H and O–H groups in total. The first-order valence-corrected chi connectivity index (χ1v) is 8.86. The highest BCUT2D eigenvalue weighted by atomic mass is 32.1. The first-order chi connectivity index (χ1) is 10.7. The number of aliphatic imine (C=N–C) groups is 1. The Kier molecular flexibility index (Phi) is 2.68. The molecule has 4 aliphatic rings. The number of benzene rings is 1. The quantitative estimate of drug-likeness (QED) is 0.840. The van der Waals surface area contributed by atoms with Gasteiger partial charge in [0.25, 0.3) is 0 Å². The fraction of sp³-hybridized carbons (Fsp3) is 0.471. The zero-order valence-electron chi connectivity index (χ0n) is 12.2. The fourth-order valence-electron chi connectivity index (χ4n) is 4.40. The zero-order valence-corrected chi connectivity index (χ0v) is 13.0. The molecule has 1 aromatic heterocycles. The van der Waals surface area contributed by atoms with Crippen molar-refractivity contribution in [2.75, 3.05) is 0 Å². The van der Waals surface area contributed by atoms with Crippen LogP contribution in [-0.2, 0) is 0 Å². The molecule has 1 aliphatic heterocycles. The van der Waals surface area contributed by atoms with Crippen molar-refractivity contribution in [3.63, 3.8) is 0 Å². The van der Waals surface area contributed by atoms with Gasteiger partial charge in [-0.2, -0.15) is 0 Å². The maximum absolute atomic E-state index is 13.4. The normalized spacial score (nSPS) is 33.4. The Morgan fingerprint density at radius 2 is 2.05 bits per heavy atom. The van der Waals surface area contributed by atoms with Gasteiger partial charge in [0, 0.05) is 4.70 Å². The molecule has 1 aromatic carbocycles. The molecule has 2 bridgehead atoms. The molecule has 114 valence electrons. The van der Waals surface area contributed by atoms with Crippen molar-refractivity contribution >= 4 is 27.3 Å². The van der Waals surface area contributed by atoms with Crippen LogP contribution in [0.5, 0.6) is 0 Å². The first kappa shape index (κ1) is 13.0. The summed E-state index contributed by atoms with van der Waals surface area (Å²) in [7, 11) is 0. The lowest BCUT2D eigenvalue weighted by Gasteiger charge is -2.47. The maximum atomic E-state index is 13.4. The number of nitrogens with zero attached hydrogens (tertiary/aromatic N) is 1. The van der Waals surface area contributed by atoms with Gasteiger partial charge in [0.15, 0.2) is 5.84 Å². The van der Waals surface area contributed by atoms with Gasteiger partial charge < -0.3 is 5.43 Å². The van der Waals surface area contributed by atoms with Gasteiger partial charge in [-0.1, -0.05) is 6.07 Å². The molecule has 6 rings (SSSR count). The van der Waals surface area contributed by atoms with Crippen molar-refractivity contribution in [2.45, 2.75) is 37.8 Å². The Morgan fingerprint density at radius 1 is 1.18 bits per heavy atom. The van der Waals surface area contributed by atoms with E-state index in [2.05, 4.69) is 16.9 Å². The number of thiophene rings is 1. The predicted octanol–water partition coefficient (Wildman–Crippen LogP) is 3.80. The monoisotopic (exact) mass is 315 g/mol. The number of hydrogen-bond donors (Lipinski definition) is 2. The third kappa shape index (κ3) is 1.85. The average Bonchev–Trinajstić information content (AvgIpc) is 3.12. The van der Waals surface area contributed by atoms with E-state index in [9.17, 15) is 4.39 Å². The summed E-state index contributed by atoms with van der Waals surface area (Å²) < 4.78 is 14.3. The predicted molar refractivity (Wildman–Crippen MR) is 87.4 cm³/mol. The van der Waals surface area contributed by atoms with E-state index in [1.54, 1.807) is 17.4 Å². The summed E-state index contributed by atoms with van der Waals surface area (Å²) in [6, 6.07) is 7.06. The Hall–Kier alpha value is -1.46. The van der Waals surface area contributed by atoms with Crippen molar-refractivity contribution < 1.29 is 4.39 Å². The molecule has 3 fully saturated rings. The second-order valence-electron chi connectivity index (χ2n) is 6.85. The van der Waals surface area contributed by atoms with Gasteiger partial charge in [0.05, 0.1) is 4.88 Å². The van der Waals surface area contributed by atoms with E-state index in [1.165, 1.54) is 31.7 Å². The largest absolute Gasteiger partial charge is 0.303 e. The summed E-state index contributed by atoms with van der Waals surface area (Å²) in [6.45, 7) is 0. The van der Waals surface area contributed by atoms with Gasteiger partial charge in [-0.05, 0) is 67.5 Å². The molecule has 22 heavy (non-hydrogen) atoms. The summed E-state index contributed by atoms with van der Waals surface area (Å²) in [4.78, 5) is 6.15. The lowest BCUT2D eigenvalue weighted by molar-refractivity contribution is 0.0506. The lowest BCUT2D eigenvalue weighted by atomic mass is 9.65. The molecular formula is C17H18FN3S. The van der Waals surface area contributed by atoms with Crippen molar-refractivity contribution in [2.24, 2.45) is 16.8 Å². The SMILES string of the molecule is Fc1ccc2cc(C3=N[C@]4(CC5CCC4CC5)NN3)sc2c1. The zero-order chi connectivity index (χ0) is 14.7. The first-order valence-electron chi connectivity index (χ1n) is 8.04. The van der Waals surface area contributed by atoms with Crippen LogP contribution in [0.15, 0.2) is 29.3 Å². The minimum Gasteiger partial charge on any atom is -0.303 e. The Bertz CT molecular complexity index is 775. The summed E-state index contributed by atoms with van der Waals surface area (Å²) in [5, 5.41) is 1.08. The van der Waals surface area contributed by atoms with Gasteiger partial charge in [-0.15, -0.1) is 11.3 Å². The smallest absolute Gasteiger partial charge is 0.155 e. The van der Waals surface area contributed by atoms with Crippen LogP contribution in [0.3, 0.4) is 0 Å². The molecule has 1 spiro atoms. The van der Waals surface area contributed by atoms with Crippen molar-refractivity contribution in [1.82, 2.24) is 10.9 Å². The molecule has 0 radical (unpaired) electrons. The van der Waals surface area contributed by atoms with E-state index in [4.69, 9.17) is 4.99 Å². The molecule has 1 atom stereocenters. The van der Waals surface area contributed by atoms with Gasteiger partial charge in [0.1, 0.15) is 11.5 Å². The molecule has 5 heteroatoms.